The summed E-state index contributed by atoms with van der Waals surface area (Å²) in [6.07, 6.45) is 9.86. The maximum Gasteiger partial charge on any atom is 0.115 e. The van der Waals surface area contributed by atoms with Crippen LogP contribution in [0.4, 0.5) is 0 Å². The van der Waals surface area contributed by atoms with E-state index in [1.807, 2.05) is 12.1 Å². The molecule has 0 aliphatic heterocycles. The van der Waals surface area contributed by atoms with Crippen molar-refractivity contribution in [2.45, 2.75) is 58.0 Å². The zero-order valence-electron chi connectivity index (χ0n) is 14.2. The van der Waals surface area contributed by atoms with Crippen molar-refractivity contribution in [3.05, 3.63) is 41.5 Å². The number of aliphatic hydroxyl groups is 1. The molecule has 6 atom stereocenters. The normalized spacial score (nSPS) is 42.3. The Labute approximate surface area is 139 Å². The smallest absolute Gasteiger partial charge is 0.115 e. The second-order valence-corrected chi connectivity index (χ2v) is 8.29. The third kappa shape index (κ3) is 2.26. The quantitative estimate of drug-likeness (QED) is 0.754. The third-order valence-corrected chi connectivity index (χ3v) is 7.03. The van der Waals surface area contributed by atoms with Gasteiger partial charge in [-0.3, -0.25) is 0 Å². The van der Waals surface area contributed by atoms with Crippen molar-refractivity contribution in [1.29, 1.82) is 0 Å². The molecule has 2 heteroatoms. The Morgan fingerprint density at radius 2 is 2.09 bits per heavy atom. The lowest BCUT2D eigenvalue weighted by molar-refractivity contribution is 0.0431. The minimum Gasteiger partial charge on any atom is -0.508 e. The fourth-order valence-electron chi connectivity index (χ4n) is 6.20. The molecule has 2 saturated carbocycles. The maximum absolute atomic E-state index is 10.7. The van der Waals surface area contributed by atoms with E-state index in [1.165, 1.54) is 30.4 Å². The second kappa shape index (κ2) is 5.37. The van der Waals surface area contributed by atoms with E-state index in [0.717, 1.165) is 12.8 Å². The Balaban J connectivity index is 1.73. The predicted octanol–water partition coefficient (Wildman–Crippen LogP) is 4.41. The molecule has 23 heavy (non-hydrogen) atoms. The summed E-state index contributed by atoms with van der Waals surface area (Å²) >= 11 is 0. The average molecular weight is 312 g/mol. The maximum atomic E-state index is 10.7. The highest BCUT2D eigenvalue weighted by atomic mass is 16.3. The standard InChI is InChI=1S/C21H28O2/c1-3-4-18-19(23)12-21(2)10-9-16-15-8-6-14(22)11-13(15)5-7-17(16)20(18)21/h3-4,6,8,11,16-20,22-23H,5,7,9-10,12H2,1-2H3/t16-,17-,18+,19-,20-,21-/m1/s1. The summed E-state index contributed by atoms with van der Waals surface area (Å²) in [6.45, 7) is 4.48. The number of benzene rings is 1. The number of phenols is 1. The number of hydrogen-bond acceptors (Lipinski definition) is 2. The lowest BCUT2D eigenvalue weighted by atomic mass is 9.54. The molecule has 2 N–H and O–H groups in total. The van der Waals surface area contributed by atoms with E-state index in [1.54, 1.807) is 0 Å². The van der Waals surface area contributed by atoms with Crippen molar-refractivity contribution in [2.75, 3.05) is 0 Å². The molecule has 0 amide bonds. The van der Waals surface area contributed by atoms with Crippen LogP contribution in [0, 0.1) is 23.2 Å². The van der Waals surface area contributed by atoms with Crippen LogP contribution in [0.3, 0.4) is 0 Å². The van der Waals surface area contributed by atoms with Crippen LogP contribution >= 0.6 is 0 Å². The van der Waals surface area contributed by atoms with Gasteiger partial charge in [-0.25, -0.2) is 0 Å². The molecule has 1 aromatic rings. The molecule has 2 fully saturated rings. The number of aromatic hydroxyl groups is 1. The number of hydrogen-bond donors (Lipinski definition) is 2. The molecule has 3 aliphatic rings. The zero-order chi connectivity index (χ0) is 16.2. The van der Waals surface area contributed by atoms with Crippen molar-refractivity contribution in [3.63, 3.8) is 0 Å². The Morgan fingerprint density at radius 3 is 2.87 bits per heavy atom. The van der Waals surface area contributed by atoms with E-state index in [9.17, 15) is 10.2 Å². The Hall–Kier alpha value is -1.28. The lowest BCUT2D eigenvalue weighted by Gasteiger charge is -2.50. The van der Waals surface area contributed by atoms with Crippen LogP contribution in [0.5, 0.6) is 5.75 Å². The van der Waals surface area contributed by atoms with Gasteiger partial charge >= 0.3 is 0 Å². The van der Waals surface area contributed by atoms with Gasteiger partial charge in [-0.15, -0.1) is 0 Å². The van der Waals surface area contributed by atoms with E-state index < -0.39 is 0 Å². The molecular formula is C21H28O2. The van der Waals surface area contributed by atoms with Gasteiger partial charge in [-0.05, 0) is 85.5 Å². The number of fused-ring (bicyclic) bond motifs is 5. The largest absolute Gasteiger partial charge is 0.508 e. The molecule has 0 aromatic heterocycles. The summed E-state index contributed by atoms with van der Waals surface area (Å²) < 4.78 is 0. The Bertz CT molecular complexity index is 635. The molecule has 4 rings (SSSR count). The van der Waals surface area contributed by atoms with Crippen molar-refractivity contribution in [3.8, 4) is 5.75 Å². The van der Waals surface area contributed by atoms with Crippen molar-refractivity contribution >= 4 is 0 Å². The molecular weight excluding hydrogens is 284 g/mol. The molecule has 0 bridgehead atoms. The number of aryl methyl sites for hydroxylation is 1. The van der Waals surface area contributed by atoms with Gasteiger partial charge in [0.2, 0.25) is 0 Å². The first-order valence-corrected chi connectivity index (χ1v) is 9.16. The zero-order valence-corrected chi connectivity index (χ0v) is 14.2. The second-order valence-electron chi connectivity index (χ2n) is 8.29. The molecule has 0 spiro atoms. The van der Waals surface area contributed by atoms with Crippen LogP contribution in [-0.2, 0) is 6.42 Å². The summed E-state index contributed by atoms with van der Waals surface area (Å²) in [7, 11) is 0. The molecule has 124 valence electrons. The summed E-state index contributed by atoms with van der Waals surface area (Å²) in [4.78, 5) is 0. The average Bonchev–Trinajstić information content (AvgIpc) is 2.77. The van der Waals surface area contributed by atoms with Crippen molar-refractivity contribution in [2.24, 2.45) is 23.2 Å². The summed E-state index contributed by atoms with van der Waals surface area (Å²) in [5.41, 5.74) is 3.09. The topological polar surface area (TPSA) is 40.5 Å². The molecule has 3 aliphatic carbocycles. The van der Waals surface area contributed by atoms with Gasteiger partial charge in [0.1, 0.15) is 5.75 Å². The van der Waals surface area contributed by atoms with Crippen LogP contribution in [0.1, 0.15) is 56.6 Å². The fraction of sp³-hybridized carbons (Fsp3) is 0.619. The SMILES string of the molecule is CC=C[C@@H]1[C@H]2[C@@H]3CCc4cc(O)ccc4[C@H]3CC[C@]2(C)C[C@H]1O. The highest BCUT2D eigenvalue weighted by Crippen LogP contribution is 2.63. The molecule has 0 heterocycles. The summed E-state index contributed by atoms with van der Waals surface area (Å²) in [5, 5.41) is 20.4. The first-order valence-electron chi connectivity index (χ1n) is 9.16. The van der Waals surface area contributed by atoms with E-state index in [4.69, 9.17) is 0 Å². The molecule has 1 aromatic carbocycles. The Kier molecular flexibility index (Phi) is 3.57. The first kappa shape index (κ1) is 15.3. The highest BCUT2D eigenvalue weighted by molar-refractivity contribution is 5.40. The van der Waals surface area contributed by atoms with Crippen LogP contribution in [-0.4, -0.2) is 16.3 Å². The van der Waals surface area contributed by atoms with Gasteiger partial charge in [0, 0.05) is 5.92 Å². The van der Waals surface area contributed by atoms with Crippen LogP contribution in [0.2, 0.25) is 0 Å². The van der Waals surface area contributed by atoms with Crippen molar-refractivity contribution in [1.82, 2.24) is 0 Å². The highest BCUT2D eigenvalue weighted by Gasteiger charge is 2.56. The first-order chi connectivity index (χ1) is 11.0. The molecule has 2 nitrogen and oxygen atoms in total. The predicted molar refractivity (Wildman–Crippen MR) is 92.4 cm³/mol. The Morgan fingerprint density at radius 1 is 1.26 bits per heavy atom. The molecule has 0 radical (unpaired) electrons. The van der Waals surface area contributed by atoms with Crippen molar-refractivity contribution < 1.29 is 10.2 Å². The molecule has 0 unspecified atom stereocenters. The summed E-state index contributed by atoms with van der Waals surface area (Å²) in [6, 6.07) is 5.97. The molecule has 0 saturated heterocycles. The van der Waals surface area contributed by atoms with E-state index in [2.05, 4.69) is 32.1 Å². The number of rotatable bonds is 1. The van der Waals surface area contributed by atoms with E-state index >= 15 is 0 Å². The van der Waals surface area contributed by atoms with E-state index in [0.29, 0.717) is 34.8 Å². The van der Waals surface area contributed by atoms with Gasteiger partial charge in [0.25, 0.3) is 0 Å². The number of allylic oxidation sites excluding steroid dienone is 1. The third-order valence-electron chi connectivity index (χ3n) is 7.03. The van der Waals surface area contributed by atoms with Gasteiger partial charge in [0.15, 0.2) is 0 Å². The number of aliphatic hydroxyl groups excluding tert-OH is 1. The fourth-order valence-corrected chi connectivity index (χ4v) is 6.20. The van der Waals surface area contributed by atoms with Crippen LogP contribution in [0.25, 0.3) is 0 Å². The summed E-state index contributed by atoms with van der Waals surface area (Å²) in [5.74, 6) is 2.58. The minimum absolute atomic E-state index is 0.179. The van der Waals surface area contributed by atoms with Gasteiger partial charge in [0.05, 0.1) is 6.10 Å². The minimum atomic E-state index is -0.179. The monoisotopic (exact) mass is 312 g/mol. The van der Waals surface area contributed by atoms with Crippen LogP contribution in [0.15, 0.2) is 30.4 Å². The number of phenolic OH excluding ortho intramolecular Hbond substituents is 1. The van der Waals surface area contributed by atoms with Gasteiger partial charge < -0.3 is 10.2 Å². The van der Waals surface area contributed by atoms with E-state index in [-0.39, 0.29) is 6.10 Å². The van der Waals surface area contributed by atoms with Gasteiger partial charge in [-0.1, -0.05) is 25.1 Å². The lowest BCUT2D eigenvalue weighted by Crippen LogP contribution is -2.42. The van der Waals surface area contributed by atoms with Gasteiger partial charge in [-0.2, -0.15) is 0 Å². The van der Waals surface area contributed by atoms with Crippen LogP contribution < -0.4 is 0 Å².